The number of likely N-dealkylation sites (N-methyl/N-ethyl adjacent to an activating group) is 1. The molecule has 0 spiro atoms. The molecule has 1 saturated heterocycles. The molecule has 1 aliphatic rings. The van der Waals surface area contributed by atoms with Crippen LogP contribution in [0.2, 0.25) is 0 Å². The van der Waals surface area contributed by atoms with Gasteiger partial charge in [-0.15, -0.1) is 11.3 Å². The zero-order chi connectivity index (χ0) is 12.6. The van der Waals surface area contributed by atoms with Gasteiger partial charge in [0.25, 0.3) is 0 Å². The summed E-state index contributed by atoms with van der Waals surface area (Å²) in [6, 6.07) is 0.380. The number of aliphatic hydroxyl groups excluding tert-OH is 1. The van der Waals surface area contributed by atoms with Gasteiger partial charge >= 0.3 is 0 Å². The second-order valence-electron chi connectivity index (χ2n) is 5.10. The fraction of sp³-hybridized carbons (Fsp3) is 0.750. The van der Waals surface area contributed by atoms with Crippen molar-refractivity contribution in [1.29, 1.82) is 0 Å². The van der Waals surface area contributed by atoms with E-state index < -0.39 is 0 Å². The van der Waals surface area contributed by atoms with E-state index in [9.17, 15) is 5.11 Å². The summed E-state index contributed by atoms with van der Waals surface area (Å²) in [6.45, 7) is 5.83. The van der Waals surface area contributed by atoms with E-state index in [2.05, 4.69) is 35.8 Å². The zero-order valence-electron chi connectivity index (χ0n) is 11.0. The third-order valence-corrected chi connectivity index (χ3v) is 4.34. The number of thiazole rings is 1. The van der Waals surface area contributed by atoms with Crippen molar-refractivity contribution in [2.45, 2.75) is 32.4 Å². The molecular weight excluding hydrogens is 234 g/mol. The molecule has 2 heterocycles. The van der Waals surface area contributed by atoms with E-state index >= 15 is 0 Å². The van der Waals surface area contributed by atoms with E-state index in [4.69, 9.17) is 0 Å². The molecule has 2 rings (SSSR count). The Balaban J connectivity index is 2.17. The van der Waals surface area contributed by atoms with E-state index in [0.717, 1.165) is 23.8 Å². The number of hydrogen-bond donors (Lipinski definition) is 1. The zero-order valence-corrected chi connectivity index (χ0v) is 11.8. The van der Waals surface area contributed by atoms with Gasteiger partial charge in [0, 0.05) is 24.0 Å². The Bertz CT molecular complexity index is 372. The lowest BCUT2D eigenvalue weighted by molar-refractivity contribution is 0.191. The van der Waals surface area contributed by atoms with Crippen molar-refractivity contribution in [3.05, 3.63) is 10.6 Å². The van der Waals surface area contributed by atoms with Crippen molar-refractivity contribution in [3.8, 4) is 0 Å². The van der Waals surface area contributed by atoms with Crippen molar-refractivity contribution in [3.63, 3.8) is 0 Å². The normalized spacial score (nSPS) is 24.9. The summed E-state index contributed by atoms with van der Waals surface area (Å²) >= 11 is 1.73. The molecule has 1 fully saturated rings. The lowest BCUT2D eigenvalue weighted by atomic mass is 10.2. The Labute approximate surface area is 107 Å². The summed E-state index contributed by atoms with van der Waals surface area (Å²) in [4.78, 5) is 10.3. The van der Waals surface area contributed by atoms with Gasteiger partial charge in [-0.25, -0.2) is 4.98 Å². The highest BCUT2D eigenvalue weighted by Crippen LogP contribution is 2.31. The average Bonchev–Trinajstić information content (AvgIpc) is 2.71. The molecule has 1 aromatic rings. The molecule has 1 N–H and O–H groups in total. The van der Waals surface area contributed by atoms with Gasteiger partial charge in [-0.3, -0.25) is 0 Å². The first-order valence-corrected chi connectivity index (χ1v) is 6.82. The van der Waals surface area contributed by atoms with E-state index in [1.54, 1.807) is 11.3 Å². The topological polar surface area (TPSA) is 39.6 Å². The van der Waals surface area contributed by atoms with Crippen molar-refractivity contribution >= 4 is 16.5 Å². The maximum atomic E-state index is 9.84. The minimum Gasteiger partial charge on any atom is -0.391 e. The van der Waals surface area contributed by atoms with Crippen LogP contribution in [0.15, 0.2) is 0 Å². The van der Waals surface area contributed by atoms with Crippen LogP contribution in [0, 0.1) is 13.8 Å². The SMILES string of the molecule is Cc1nc(N2CC(O)CC2CN(C)C)sc1C. The summed E-state index contributed by atoms with van der Waals surface area (Å²) in [5.74, 6) is 0. The van der Waals surface area contributed by atoms with Crippen molar-refractivity contribution in [2.75, 3.05) is 32.1 Å². The number of hydrogen-bond acceptors (Lipinski definition) is 5. The maximum absolute atomic E-state index is 9.84. The number of nitrogens with zero attached hydrogens (tertiary/aromatic N) is 3. The van der Waals surface area contributed by atoms with Crippen molar-refractivity contribution < 1.29 is 5.11 Å². The molecule has 0 aromatic carbocycles. The van der Waals surface area contributed by atoms with Gasteiger partial charge in [0.2, 0.25) is 0 Å². The molecule has 96 valence electrons. The Hall–Kier alpha value is -0.650. The van der Waals surface area contributed by atoms with E-state index in [1.807, 2.05) is 6.92 Å². The second-order valence-corrected chi connectivity index (χ2v) is 6.28. The Morgan fingerprint density at radius 2 is 2.18 bits per heavy atom. The summed E-state index contributed by atoms with van der Waals surface area (Å²) in [5.41, 5.74) is 1.11. The minimum atomic E-state index is -0.218. The number of anilines is 1. The van der Waals surface area contributed by atoms with Gasteiger partial charge in [0.05, 0.1) is 11.8 Å². The van der Waals surface area contributed by atoms with Crippen LogP contribution in [0.1, 0.15) is 17.0 Å². The standard InChI is InChI=1S/C12H21N3OS/c1-8-9(2)17-12(13-8)15-7-11(16)5-10(15)6-14(3)4/h10-11,16H,5-7H2,1-4H3. The van der Waals surface area contributed by atoms with Crippen molar-refractivity contribution in [2.24, 2.45) is 0 Å². The molecule has 0 amide bonds. The van der Waals surface area contributed by atoms with Crippen LogP contribution < -0.4 is 4.90 Å². The molecule has 5 heteroatoms. The molecule has 1 aliphatic heterocycles. The Morgan fingerprint density at radius 3 is 2.71 bits per heavy atom. The molecule has 0 saturated carbocycles. The van der Waals surface area contributed by atoms with Gasteiger partial charge in [-0.1, -0.05) is 0 Å². The van der Waals surface area contributed by atoms with E-state index in [0.29, 0.717) is 12.6 Å². The van der Waals surface area contributed by atoms with Crippen LogP contribution in [0.3, 0.4) is 0 Å². The third-order valence-electron chi connectivity index (χ3n) is 3.23. The number of aromatic nitrogens is 1. The lowest BCUT2D eigenvalue weighted by Crippen LogP contribution is -2.37. The Morgan fingerprint density at radius 1 is 1.47 bits per heavy atom. The number of rotatable bonds is 3. The first-order valence-electron chi connectivity index (χ1n) is 6.01. The molecule has 2 unspecified atom stereocenters. The predicted octanol–water partition coefficient (Wildman–Crippen LogP) is 1.26. The van der Waals surface area contributed by atoms with Crippen LogP contribution in [-0.4, -0.2) is 54.3 Å². The van der Waals surface area contributed by atoms with Gasteiger partial charge < -0.3 is 14.9 Å². The van der Waals surface area contributed by atoms with Crippen LogP contribution >= 0.6 is 11.3 Å². The molecule has 0 radical (unpaired) electrons. The largest absolute Gasteiger partial charge is 0.391 e. The van der Waals surface area contributed by atoms with Crippen LogP contribution in [0.5, 0.6) is 0 Å². The van der Waals surface area contributed by atoms with Gasteiger partial charge in [-0.2, -0.15) is 0 Å². The average molecular weight is 255 g/mol. The summed E-state index contributed by atoms with van der Waals surface area (Å²) in [7, 11) is 4.14. The molecular formula is C12H21N3OS. The number of aryl methyl sites for hydroxylation is 2. The quantitative estimate of drug-likeness (QED) is 0.883. The molecule has 17 heavy (non-hydrogen) atoms. The van der Waals surface area contributed by atoms with Gasteiger partial charge in [-0.05, 0) is 34.4 Å². The minimum absolute atomic E-state index is 0.218. The predicted molar refractivity (Wildman–Crippen MR) is 71.9 cm³/mol. The lowest BCUT2D eigenvalue weighted by Gasteiger charge is -2.26. The molecule has 2 atom stereocenters. The highest BCUT2D eigenvalue weighted by Gasteiger charge is 2.33. The first-order chi connectivity index (χ1) is 7.97. The highest BCUT2D eigenvalue weighted by molar-refractivity contribution is 7.15. The molecule has 0 aliphatic carbocycles. The summed E-state index contributed by atoms with van der Waals surface area (Å²) < 4.78 is 0. The van der Waals surface area contributed by atoms with Crippen molar-refractivity contribution in [1.82, 2.24) is 9.88 Å². The highest BCUT2D eigenvalue weighted by atomic mass is 32.1. The van der Waals surface area contributed by atoms with Gasteiger partial charge in [0.15, 0.2) is 5.13 Å². The molecule has 1 aromatic heterocycles. The molecule has 4 nitrogen and oxygen atoms in total. The number of β-amino-alcohol motifs (C(OH)–C–C–N with tert-alkyl or cyclic N) is 1. The smallest absolute Gasteiger partial charge is 0.186 e. The Kier molecular flexibility index (Phi) is 3.70. The van der Waals surface area contributed by atoms with Crippen LogP contribution in [0.4, 0.5) is 5.13 Å². The fourth-order valence-electron chi connectivity index (χ4n) is 2.30. The molecule has 0 bridgehead atoms. The van der Waals surface area contributed by atoms with E-state index in [1.165, 1.54) is 4.88 Å². The second kappa shape index (κ2) is 4.92. The summed E-state index contributed by atoms with van der Waals surface area (Å²) in [5, 5.41) is 10.9. The van der Waals surface area contributed by atoms with Crippen LogP contribution in [0.25, 0.3) is 0 Å². The maximum Gasteiger partial charge on any atom is 0.186 e. The monoisotopic (exact) mass is 255 g/mol. The van der Waals surface area contributed by atoms with E-state index in [-0.39, 0.29) is 6.10 Å². The first kappa shape index (κ1) is 12.8. The van der Waals surface area contributed by atoms with Crippen LogP contribution in [-0.2, 0) is 0 Å². The third kappa shape index (κ3) is 2.78. The van der Waals surface area contributed by atoms with Gasteiger partial charge in [0.1, 0.15) is 0 Å². The number of aliphatic hydroxyl groups is 1. The fourth-order valence-corrected chi connectivity index (χ4v) is 3.29. The summed E-state index contributed by atoms with van der Waals surface area (Å²) in [6.07, 6.45) is 0.625.